The van der Waals surface area contributed by atoms with Crippen molar-refractivity contribution in [2.75, 3.05) is 18.4 Å². The van der Waals surface area contributed by atoms with Crippen LogP contribution >= 0.6 is 15.9 Å². The van der Waals surface area contributed by atoms with Gasteiger partial charge in [-0.25, -0.2) is 8.78 Å². The number of piperidine rings is 1. The Bertz CT molecular complexity index is 128. The van der Waals surface area contributed by atoms with Crippen LogP contribution < -0.4 is 5.32 Å². The van der Waals surface area contributed by atoms with Crippen LogP contribution in [-0.2, 0) is 0 Å². The maximum Gasteiger partial charge on any atom is 0.263 e. The Morgan fingerprint density at radius 1 is 1.55 bits per heavy atom. The van der Waals surface area contributed by atoms with E-state index in [0.717, 1.165) is 6.54 Å². The molecule has 1 fully saturated rings. The van der Waals surface area contributed by atoms with Gasteiger partial charge < -0.3 is 5.32 Å². The highest BCUT2D eigenvalue weighted by Gasteiger charge is 2.40. The zero-order valence-electron chi connectivity index (χ0n) is 6.25. The molecule has 4 heteroatoms. The number of rotatable bonds is 2. The minimum absolute atomic E-state index is 0.148. The van der Waals surface area contributed by atoms with Crippen LogP contribution in [0.2, 0.25) is 0 Å². The van der Waals surface area contributed by atoms with Crippen molar-refractivity contribution in [1.82, 2.24) is 5.32 Å². The highest BCUT2D eigenvalue weighted by atomic mass is 79.9. The van der Waals surface area contributed by atoms with Gasteiger partial charge in [-0.1, -0.05) is 15.9 Å². The molecular formula is C7H12BrF2N. The van der Waals surface area contributed by atoms with Gasteiger partial charge in [0, 0.05) is 11.2 Å². The fourth-order valence-corrected chi connectivity index (χ4v) is 1.93. The Morgan fingerprint density at radius 2 is 2.27 bits per heavy atom. The number of hydrogen-bond acceptors (Lipinski definition) is 1. The molecule has 0 aromatic rings. The second-order valence-corrected chi connectivity index (χ2v) is 3.69. The maximum absolute atomic E-state index is 13.0. The first kappa shape index (κ1) is 9.39. The summed E-state index contributed by atoms with van der Waals surface area (Å²) >= 11 is 3.18. The Morgan fingerprint density at radius 3 is 2.82 bits per heavy atom. The van der Waals surface area contributed by atoms with Crippen molar-refractivity contribution in [2.24, 2.45) is 5.92 Å². The van der Waals surface area contributed by atoms with E-state index in [1.165, 1.54) is 0 Å². The summed E-state index contributed by atoms with van der Waals surface area (Å²) in [6, 6.07) is 0. The maximum atomic E-state index is 13.0. The highest BCUT2D eigenvalue weighted by molar-refractivity contribution is 9.09. The molecule has 1 nitrogen and oxygen atoms in total. The van der Waals surface area contributed by atoms with Crippen LogP contribution in [0, 0.1) is 5.92 Å². The van der Waals surface area contributed by atoms with E-state index in [9.17, 15) is 8.78 Å². The molecule has 0 aromatic carbocycles. The molecule has 1 saturated heterocycles. The predicted molar refractivity (Wildman–Crippen MR) is 44.3 cm³/mol. The minimum Gasteiger partial charge on any atom is -0.311 e. The van der Waals surface area contributed by atoms with Crippen LogP contribution in [-0.4, -0.2) is 24.3 Å². The van der Waals surface area contributed by atoms with Gasteiger partial charge in [0.1, 0.15) is 0 Å². The van der Waals surface area contributed by atoms with Crippen LogP contribution in [0.5, 0.6) is 0 Å². The standard InChI is InChI=1S/C7H12BrF2N/c8-3-1-6-2-4-11-5-7(6,9)10/h6,11H,1-5H2. The number of nitrogens with one attached hydrogen (secondary N) is 1. The summed E-state index contributed by atoms with van der Waals surface area (Å²) in [5.41, 5.74) is 0. The minimum atomic E-state index is -2.49. The normalized spacial score (nSPS) is 30.3. The lowest BCUT2D eigenvalue weighted by Crippen LogP contribution is -2.46. The van der Waals surface area contributed by atoms with Crippen LogP contribution in [0.25, 0.3) is 0 Å². The molecular weight excluding hydrogens is 216 g/mol. The summed E-state index contributed by atoms with van der Waals surface area (Å²) in [5.74, 6) is -2.92. The molecule has 11 heavy (non-hydrogen) atoms. The molecule has 1 unspecified atom stereocenters. The quantitative estimate of drug-likeness (QED) is 0.713. The van der Waals surface area contributed by atoms with E-state index in [-0.39, 0.29) is 6.54 Å². The Hall–Kier alpha value is 0.300. The first-order valence-electron chi connectivity index (χ1n) is 3.81. The van der Waals surface area contributed by atoms with Crippen molar-refractivity contribution in [3.8, 4) is 0 Å². The lowest BCUT2D eigenvalue weighted by atomic mass is 9.92. The molecule has 1 atom stereocenters. The van der Waals surface area contributed by atoms with Gasteiger partial charge in [0.2, 0.25) is 0 Å². The summed E-state index contributed by atoms with van der Waals surface area (Å²) < 4.78 is 25.9. The fourth-order valence-electron chi connectivity index (χ4n) is 1.37. The summed E-state index contributed by atoms with van der Waals surface area (Å²) in [4.78, 5) is 0. The van der Waals surface area contributed by atoms with Crippen LogP contribution in [0.15, 0.2) is 0 Å². The molecule has 1 heterocycles. The van der Waals surface area contributed by atoms with E-state index in [1.54, 1.807) is 0 Å². The van der Waals surface area contributed by atoms with Gasteiger partial charge in [0.15, 0.2) is 0 Å². The summed E-state index contributed by atoms with van der Waals surface area (Å²) in [6.45, 7) is 0.581. The average Bonchev–Trinajstić information content (AvgIpc) is 1.94. The second kappa shape index (κ2) is 3.81. The molecule has 1 aliphatic heterocycles. The first-order valence-corrected chi connectivity index (χ1v) is 4.93. The molecule has 1 rings (SSSR count). The van der Waals surface area contributed by atoms with Crippen molar-refractivity contribution in [2.45, 2.75) is 18.8 Å². The highest BCUT2D eigenvalue weighted by Crippen LogP contribution is 2.32. The molecule has 0 spiro atoms. The van der Waals surface area contributed by atoms with E-state index >= 15 is 0 Å². The van der Waals surface area contributed by atoms with Crippen LogP contribution in [0.4, 0.5) is 8.78 Å². The predicted octanol–water partition coefficient (Wildman–Crippen LogP) is 2.02. The van der Waals surface area contributed by atoms with Crippen molar-refractivity contribution in [1.29, 1.82) is 0 Å². The SMILES string of the molecule is FC1(F)CNCCC1CCBr. The van der Waals surface area contributed by atoms with Crippen molar-refractivity contribution in [3.63, 3.8) is 0 Å². The zero-order chi connectivity index (χ0) is 8.32. The van der Waals surface area contributed by atoms with Gasteiger partial charge in [0.25, 0.3) is 5.92 Å². The number of halogens is 3. The Kier molecular flexibility index (Phi) is 3.25. The monoisotopic (exact) mass is 227 g/mol. The van der Waals surface area contributed by atoms with Crippen LogP contribution in [0.1, 0.15) is 12.8 Å². The van der Waals surface area contributed by atoms with Gasteiger partial charge >= 0.3 is 0 Å². The summed E-state index contributed by atoms with van der Waals surface area (Å²) in [5, 5.41) is 3.37. The van der Waals surface area contributed by atoms with E-state index < -0.39 is 11.8 Å². The van der Waals surface area contributed by atoms with Gasteiger partial charge in [-0.3, -0.25) is 0 Å². The smallest absolute Gasteiger partial charge is 0.263 e. The van der Waals surface area contributed by atoms with E-state index in [1.807, 2.05) is 0 Å². The lowest BCUT2D eigenvalue weighted by Gasteiger charge is -2.31. The van der Waals surface area contributed by atoms with Crippen molar-refractivity contribution >= 4 is 15.9 Å². The summed E-state index contributed by atoms with van der Waals surface area (Å²) in [7, 11) is 0. The van der Waals surface area contributed by atoms with Crippen LogP contribution in [0.3, 0.4) is 0 Å². The topological polar surface area (TPSA) is 12.0 Å². The van der Waals surface area contributed by atoms with Gasteiger partial charge in [-0.2, -0.15) is 0 Å². The molecule has 0 saturated carbocycles. The first-order chi connectivity index (χ1) is 5.17. The zero-order valence-corrected chi connectivity index (χ0v) is 7.83. The van der Waals surface area contributed by atoms with E-state index in [2.05, 4.69) is 21.2 Å². The molecule has 0 aliphatic carbocycles. The molecule has 1 aliphatic rings. The number of hydrogen-bond donors (Lipinski definition) is 1. The van der Waals surface area contributed by atoms with Crippen molar-refractivity contribution in [3.05, 3.63) is 0 Å². The third-order valence-corrected chi connectivity index (χ3v) is 2.54. The fraction of sp³-hybridized carbons (Fsp3) is 1.00. The Labute approximate surface area is 73.7 Å². The molecule has 0 aromatic heterocycles. The van der Waals surface area contributed by atoms with Gasteiger partial charge in [0.05, 0.1) is 6.54 Å². The molecule has 0 amide bonds. The summed E-state index contributed by atoms with van der Waals surface area (Å²) in [6.07, 6.45) is 1.17. The van der Waals surface area contributed by atoms with Gasteiger partial charge in [-0.05, 0) is 19.4 Å². The average molecular weight is 228 g/mol. The molecule has 1 N–H and O–H groups in total. The second-order valence-electron chi connectivity index (χ2n) is 2.90. The molecule has 0 bridgehead atoms. The van der Waals surface area contributed by atoms with Crippen molar-refractivity contribution < 1.29 is 8.78 Å². The third kappa shape index (κ3) is 2.37. The van der Waals surface area contributed by atoms with E-state index in [0.29, 0.717) is 18.2 Å². The molecule has 66 valence electrons. The van der Waals surface area contributed by atoms with Gasteiger partial charge in [-0.15, -0.1) is 0 Å². The largest absolute Gasteiger partial charge is 0.311 e. The molecule has 0 radical (unpaired) electrons. The lowest BCUT2D eigenvalue weighted by molar-refractivity contribution is -0.0736. The Balaban J connectivity index is 2.45. The van der Waals surface area contributed by atoms with E-state index in [4.69, 9.17) is 0 Å². The third-order valence-electron chi connectivity index (χ3n) is 2.09. The number of alkyl halides is 3.